The molecule has 1 heterocycles. The third-order valence-electron chi connectivity index (χ3n) is 6.76. The van der Waals surface area contributed by atoms with E-state index in [9.17, 15) is 14.4 Å². The Labute approximate surface area is 230 Å². The Morgan fingerprint density at radius 2 is 1.67 bits per heavy atom. The molecule has 39 heavy (non-hydrogen) atoms. The van der Waals surface area contributed by atoms with Gasteiger partial charge in [0.1, 0.15) is 0 Å². The molecule has 3 amide bonds. The van der Waals surface area contributed by atoms with Gasteiger partial charge in [-0.3, -0.25) is 14.4 Å². The fourth-order valence-corrected chi connectivity index (χ4v) is 4.09. The minimum absolute atomic E-state index is 0.308. The number of carbonyl (C=O) groups is 3. The Balaban J connectivity index is 1.67. The standard InChI is InChI=1S/C30H37N3O6/c1-30(28(35)31-2,29(36)32-39-26-9-5-6-21-38-26)33(3)27(34)25-18-16-24(17-19-25)15-14-23-12-10-22(11-13-23)8-7-20-37-4/h10-13,16-19,26H,5-9,20-21H2,1-4H3,(H,31,35)(H,32,36)/t26?,30-/m0/s1. The number of hydrogen-bond acceptors (Lipinski definition) is 6. The monoisotopic (exact) mass is 535 g/mol. The highest BCUT2D eigenvalue weighted by molar-refractivity contribution is 6.12. The minimum Gasteiger partial charge on any atom is -0.385 e. The smallest absolute Gasteiger partial charge is 0.279 e. The molecule has 1 aliphatic heterocycles. The lowest BCUT2D eigenvalue weighted by molar-refractivity contribution is -0.204. The molecule has 2 aromatic rings. The van der Waals surface area contributed by atoms with Gasteiger partial charge in [0.15, 0.2) is 11.8 Å². The average molecular weight is 536 g/mol. The van der Waals surface area contributed by atoms with Crippen molar-refractivity contribution in [3.63, 3.8) is 0 Å². The van der Waals surface area contributed by atoms with E-state index in [0.717, 1.165) is 48.3 Å². The summed E-state index contributed by atoms with van der Waals surface area (Å²) in [6.07, 6.45) is 3.79. The van der Waals surface area contributed by atoms with Crippen LogP contribution in [0.3, 0.4) is 0 Å². The van der Waals surface area contributed by atoms with Gasteiger partial charge in [0.05, 0.1) is 0 Å². The second-order valence-corrected chi connectivity index (χ2v) is 9.48. The summed E-state index contributed by atoms with van der Waals surface area (Å²) in [5.74, 6) is 4.29. The first-order valence-corrected chi connectivity index (χ1v) is 13.1. The van der Waals surface area contributed by atoms with Gasteiger partial charge in [0, 0.05) is 57.5 Å². The predicted molar refractivity (Wildman–Crippen MR) is 146 cm³/mol. The molecule has 2 N–H and O–H groups in total. The zero-order chi connectivity index (χ0) is 28.3. The lowest BCUT2D eigenvalue weighted by Gasteiger charge is -2.36. The van der Waals surface area contributed by atoms with E-state index in [1.165, 1.54) is 26.6 Å². The Kier molecular flexibility index (Phi) is 11.1. The van der Waals surface area contributed by atoms with Gasteiger partial charge in [-0.1, -0.05) is 24.0 Å². The molecule has 3 rings (SSSR count). The molecule has 1 saturated heterocycles. The van der Waals surface area contributed by atoms with Crippen LogP contribution in [-0.4, -0.2) is 68.9 Å². The molecule has 0 bridgehead atoms. The largest absolute Gasteiger partial charge is 0.385 e. The molecular weight excluding hydrogens is 498 g/mol. The van der Waals surface area contributed by atoms with E-state index in [1.54, 1.807) is 31.4 Å². The topological polar surface area (TPSA) is 106 Å². The summed E-state index contributed by atoms with van der Waals surface area (Å²) in [7, 11) is 4.51. The van der Waals surface area contributed by atoms with E-state index in [4.69, 9.17) is 14.3 Å². The number of methoxy groups -OCH3 is 1. The summed E-state index contributed by atoms with van der Waals surface area (Å²) in [4.78, 5) is 45.6. The van der Waals surface area contributed by atoms with Crippen molar-refractivity contribution in [2.45, 2.75) is 50.9 Å². The molecule has 9 heteroatoms. The number of nitrogens with zero attached hydrogens (tertiary/aromatic N) is 1. The molecule has 0 saturated carbocycles. The fourth-order valence-electron chi connectivity index (χ4n) is 4.09. The maximum Gasteiger partial charge on any atom is 0.279 e. The normalized spacial score (nSPS) is 16.3. The quantitative estimate of drug-likeness (QED) is 0.210. The maximum atomic E-state index is 13.3. The lowest BCUT2D eigenvalue weighted by Crippen LogP contribution is -2.65. The van der Waals surface area contributed by atoms with Crippen LogP contribution in [0.2, 0.25) is 0 Å². The fraction of sp³-hybridized carbons (Fsp3) is 0.433. The molecule has 0 aliphatic carbocycles. The first-order chi connectivity index (χ1) is 18.8. The number of hydroxylamine groups is 1. The van der Waals surface area contributed by atoms with Crippen molar-refractivity contribution in [2.24, 2.45) is 0 Å². The van der Waals surface area contributed by atoms with Gasteiger partial charge in [-0.2, -0.15) is 0 Å². The number of aryl methyl sites for hydroxylation is 1. The Morgan fingerprint density at radius 1 is 1.03 bits per heavy atom. The van der Waals surface area contributed by atoms with Crippen LogP contribution in [-0.2, 0) is 30.3 Å². The van der Waals surface area contributed by atoms with Gasteiger partial charge < -0.3 is 19.7 Å². The summed E-state index contributed by atoms with van der Waals surface area (Å²) in [5, 5.41) is 2.46. The summed E-state index contributed by atoms with van der Waals surface area (Å²) >= 11 is 0. The van der Waals surface area contributed by atoms with Crippen LogP contribution >= 0.6 is 0 Å². The van der Waals surface area contributed by atoms with Crippen molar-refractivity contribution >= 4 is 17.7 Å². The Bertz CT molecular complexity index is 1180. The number of likely N-dealkylation sites (N-methyl/N-ethyl adjacent to an activating group) is 2. The predicted octanol–water partition coefficient (Wildman–Crippen LogP) is 2.82. The van der Waals surface area contributed by atoms with E-state index in [1.807, 2.05) is 12.1 Å². The highest BCUT2D eigenvalue weighted by Gasteiger charge is 2.47. The second-order valence-electron chi connectivity index (χ2n) is 9.48. The molecule has 0 aromatic heterocycles. The first kappa shape index (κ1) is 29.8. The van der Waals surface area contributed by atoms with E-state index >= 15 is 0 Å². The average Bonchev–Trinajstić information content (AvgIpc) is 2.98. The second kappa shape index (κ2) is 14.4. The number of amides is 3. The van der Waals surface area contributed by atoms with E-state index in [2.05, 4.69) is 34.8 Å². The maximum absolute atomic E-state index is 13.3. The van der Waals surface area contributed by atoms with Gasteiger partial charge in [-0.15, -0.1) is 0 Å². The molecule has 2 atom stereocenters. The van der Waals surface area contributed by atoms with Crippen LogP contribution in [0.4, 0.5) is 0 Å². The first-order valence-electron chi connectivity index (χ1n) is 13.1. The zero-order valence-electron chi connectivity index (χ0n) is 23.0. The highest BCUT2D eigenvalue weighted by atomic mass is 16.8. The van der Waals surface area contributed by atoms with Crippen molar-refractivity contribution in [1.82, 2.24) is 15.7 Å². The molecule has 1 fully saturated rings. The SMILES string of the molecule is CNC(=O)[C@@](C)(C(=O)NOC1CCCCO1)N(C)C(=O)c1ccc(C#Cc2ccc(CCCOC)cc2)cc1. The van der Waals surface area contributed by atoms with Crippen LogP contribution in [0.25, 0.3) is 0 Å². The Morgan fingerprint density at radius 3 is 2.23 bits per heavy atom. The molecule has 2 aromatic carbocycles. The number of rotatable bonds is 10. The van der Waals surface area contributed by atoms with Crippen LogP contribution in [0, 0.1) is 11.8 Å². The van der Waals surface area contributed by atoms with Crippen molar-refractivity contribution in [2.75, 3.05) is 34.4 Å². The molecule has 9 nitrogen and oxygen atoms in total. The summed E-state index contributed by atoms with van der Waals surface area (Å²) in [6, 6.07) is 14.8. The third-order valence-corrected chi connectivity index (χ3v) is 6.76. The minimum atomic E-state index is -1.87. The number of nitrogens with one attached hydrogen (secondary N) is 2. The number of hydrogen-bond donors (Lipinski definition) is 2. The van der Waals surface area contributed by atoms with Gasteiger partial charge in [-0.05, 0) is 74.6 Å². The number of carbonyl (C=O) groups excluding carboxylic acids is 3. The number of benzene rings is 2. The lowest BCUT2D eigenvalue weighted by atomic mass is 9.96. The molecule has 0 radical (unpaired) electrons. The van der Waals surface area contributed by atoms with Gasteiger partial charge >= 0.3 is 0 Å². The van der Waals surface area contributed by atoms with Crippen molar-refractivity contribution in [3.05, 3.63) is 70.8 Å². The van der Waals surface area contributed by atoms with Gasteiger partial charge in [-0.25, -0.2) is 10.3 Å². The van der Waals surface area contributed by atoms with Gasteiger partial charge in [0.2, 0.25) is 0 Å². The van der Waals surface area contributed by atoms with Crippen molar-refractivity contribution < 1.29 is 28.7 Å². The van der Waals surface area contributed by atoms with E-state index in [0.29, 0.717) is 18.6 Å². The molecular formula is C30H37N3O6. The van der Waals surface area contributed by atoms with E-state index < -0.39 is 29.6 Å². The summed E-state index contributed by atoms with van der Waals surface area (Å²) < 4.78 is 10.5. The van der Waals surface area contributed by atoms with Crippen molar-refractivity contribution in [3.8, 4) is 11.8 Å². The molecule has 1 unspecified atom stereocenters. The Hall–Kier alpha value is -3.71. The molecule has 1 aliphatic rings. The van der Waals surface area contributed by atoms with Crippen LogP contribution < -0.4 is 10.8 Å². The molecule has 0 spiro atoms. The van der Waals surface area contributed by atoms with Crippen molar-refractivity contribution in [1.29, 1.82) is 0 Å². The summed E-state index contributed by atoms with van der Waals surface area (Å²) in [6.45, 7) is 2.64. The summed E-state index contributed by atoms with van der Waals surface area (Å²) in [5.41, 5.74) is 3.60. The van der Waals surface area contributed by atoms with Crippen LogP contribution in [0.5, 0.6) is 0 Å². The van der Waals surface area contributed by atoms with Crippen LogP contribution in [0.1, 0.15) is 59.7 Å². The van der Waals surface area contributed by atoms with Gasteiger partial charge in [0.25, 0.3) is 17.7 Å². The van der Waals surface area contributed by atoms with E-state index in [-0.39, 0.29) is 0 Å². The molecule has 208 valence electrons. The third kappa shape index (κ3) is 7.90. The highest BCUT2D eigenvalue weighted by Crippen LogP contribution is 2.20. The zero-order valence-corrected chi connectivity index (χ0v) is 23.0. The van der Waals surface area contributed by atoms with Crippen LogP contribution in [0.15, 0.2) is 48.5 Å². The number of ether oxygens (including phenoxy) is 2.